The Kier molecular flexibility index (Phi) is 7.07. The third-order valence-electron chi connectivity index (χ3n) is 4.38. The standard InChI is InChI=1S/C18H26BrN3O2.ClH/c1-17(2,3)15(23)21-9-11-22(12-10-21)16(24)18(4,20)13-5-7-14(19)8-6-13;/h5-8H,9-12,20H2,1-4H3;1H. The minimum atomic E-state index is -1.07. The van der Waals surface area contributed by atoms with E-state index in [1.807, 2.05) is 49.9 Å². The summed E-state index contributed by atoms with van der Waals surface area (Å²) in [4.78, 5) is 28.8. The van der Waals surface area contributed by atoms with Gasteiger partial charge in [-0.25, -0.2) is 0 Å². The molecule has 1 heterocycles. The molecule has 1 aliphatic heterocycles. The summed E-state index contributed by atoms with van der Waals surface area (Å²) in [5.41, 5.74) is 5.65. The summed E-state index contributed by atoms with van der Waals surface area (Å²) in [5, 5.41) is 0. The first-order chi connectivity index (χ1) is 11.0. The van der Waals surface area contributed by atoms with Gasteiger partial charge in [-0.15, -0.1) is 12.4 Å². The first-order valence-corrected chi connectivity index (χ1v) is 8.96. The summed E-state index contributed by atoms with van der Waals surface area (Å²) >= 11 is 3.39. The number of piperazine rings is 1. The molecule has 0 radical (unpaired) electrons. The van der Waals surface area contributed by atoms with Crippen molar-refractivity contribution in [3.05, 3.63) is 34.3 Å². The molecule has 1 unspecified atom stereocenters. The van der Waals surface area contributed by atoms with E-state index < -0.39 is 11.0 Å². The van der Waals surface area contributed by atoms with Gasteiger partial charge in [-0.05, 0) is 24.6 Å². The zero-order valence-corrected chi connectivity index (χ0v) is 17.6. The monoisotopic (exact) mass is 431 g/mol. The summed E-state index contributed by atoms with van der Waals surface area (Å²) in [6.45, 7) is 9.63. The Labute approximate surface area is 164 Å². The molecule has 2 rings (SSSR count). The third kappa shape index (κ3) is 4.96. The Bertz CT molecular complexity index is 618. The van der Waals surface area contributed by atoms with Crippen LogP contribution < -0.4 is 5.73 Å². The Hall–Kier alpha value is -1.11. The number of hydrogen-bond acceptors (Lipinski definition) is 3. The van der Waals surface area contributed by atoms with E-state index in [1.54, 1.807) is 11.8 Å². The summed E-state index contributed by atoms with van der Waals surface area (Å²) in [5.74, 6) is 0.0192. The first-order valence-electron chi connectivity index (χ1n) is 8.17. The highest BCUT2D eigenvalue weighted by atomic mass is 79.9. The number of nitrogens with zero attached hydrogens (tertiary/aromatic N) is 2. The van der Waals surface area contributed by atoms with Gasteiger partial charge >= 0.3 is 0 Å². The quantitative estimate of drug-likeness (QED) is 0.781. The van der Waals surface area contributed by atoms with Crippen LogP contribution in [-0.4, -0.2) is 47.8 Å². The Balaban J connectivity index is 0.00000312. The summed E-state index contributed by atoms with van der Waals surface area (Å²) in [7, 11) is 0. The van der Waals surface area contributed by atoms with Gasteiger partial charge in [0, 0.05) is 36.1 Å². The van der Waals surface area contributed by atoms with E-state index in [0.29, 0.717) is 26.2 Å². The van der Waals surface area contributed by atoms with Gasteiger partial charge < -0.3 is 15.5 Å². The van der Waals surface area contributed by atoms with Crippen LogP contribution in [0.2, 0.25) is 0 Å². The maximum atomic E-state index is 12.9. The SMILES string of the molecule is CC(C)(C)C(=O)N1CCN(C(=O)C(C)(N)c2ccc(Br)cc2)CC1.Cl. The molecule has 0 aromatic heterocycles. The van der Waals surface area contributed by atoms with Crippen LogP contribution in [0.1, 0.15) is 33.3 Å². The maximum Gasteiger partial charge on any atom is 0.247 e. The molecule has 0 aliphatic carbocycles. The molecular weight excluding hydrogens is 406 g/mol. The van der Waals surface area contributed by atoms with Gasteiger partial charge in [0.15, 0.2) is 0 Å². The lowest BCUT2D eigenvalue weighted by Crippen LogP contribution is -2.58. The zero-order chi connectivity index (χ0) is 18.1. The van der Waals surface area contributed by atoms with Crippen LogP contribution in [0, 0.1) is 5.41 Å². The average Bonchev–Trinajstić information content (AvgIpc) is 2.53. The van der Waals surface area contributed by atoms with Gasteiger partial charge in [-0.2, -0.15) is 0 Å². The second kappa shape index (κ2) is 8.06. The molecule has 1 aliphatic rings. The number of hydrogen-bond donors (Lipinski definition) is 1. The molecule has 5 nitrogen and oxygen atoms in total. The van der Waals surface area contributed by atoms with Crippen molar-refractivity contribution in [1.29, 1.82) is 0 Å². The maximum absolute atomic E-state index is 12.9. The lowest BCUT2D eigenvalue weighted by atomic mass is 9.91. The van der Waals surface area contributed by atoms with Crippen molar-refractivity contribution in [3.63, 3.8) is 0 Å². The normalized spacial score (nSPS) is 17.5. The van der Waals surface area contributed by atoms with Crippen LogP contribution in [0.5, 0.6) is 0 Å². The van der Waals surface area contributed by atoms with Gasteiger partial charge in [-0.3, -0.25) is 9.59 Å². The van der Waals surface area contributed by atoms with Crippen molar-refractivity contribution in [2.45, 2.75) is 33.2 Å². The topological polar surface area (TPSA) is 66.6 Å². The number of rotatable bonds is 2. The van der Waals surface area contributed by atoms with Gasteiger partial charge in [-0.1, -0.05) is 48.8 Å². The molecule has 1 saturated heterocycles. The molecule has 0 bridgehead atoms. The average molecular weight is 433 g/mol. The number of benzene rings is 1. The fourth-order valence-corrected chi connectivity index (χ4v) is 3.10. The van der Waals surface area contributed by atoms with E-state index in [2.05, 4.69) is 15.9 Å². The molecular formula is C18H27BrClN3O2. The molecule has 1 fully saturated rings. The van der Waals surface area contributed by atoms with Crippen molar-refractivity contribution in [2.24, 2.45) is 11.1 Å². The Morgan fingerprint density at radius 1 is 0.920 bits per heavy atom. The van der Waals surface area contributed by atoms with E-state index in [9.17, 15) is 9.59 Å². The predicted octanol–water partition coefficient (Wildman–Crippen LogP) is 2.76. The first kappa shape index (κ1) is 21.9. The smallest absolute Gasteiger partial charge is 0.247 e. The van der Waals surface area contributed by atoms with Crippen LogP contribution >= 0.6 is 28.3 Å². The van der Waals surface area contributed by atoms with E-state index >= 15 is 0 Å². The molecule has 1 aromatic rings. The third-order valence-corrected chi connectivity index (χ3v) is 4.91. The summed E-state index contributed by atoms with van der Waals surface area (Å²) < 4.78 is 0.948. The molecule has 1 aromatic carbocycles. The molecule has 7 heteroatoms. The fourth-order valence-electron chi connectivity index (χ4n) is 2.84. The lowest BCUT2D eigenvalue weighted by molar-refractivity contribution is -0.146. The number of carbonyl (C=O) groups excluding carboxylic acids is 2. The van der Waals surface area contributed by atoms with Gasteiger partial charge in [0.1, 0.15) is 5.54 Å². The molecule has 1 atom stereocenters. The molecule has 0 saturated carbocycles. The minimum Gasteiger partial charge on any atom is -0.339 e. The van der Waals surface area contributed by atoms with E-state index in [1.165, 1.54) is 0 Å². The van der Waals surface area contributed by atoms with Crippen LogP contribution in [0.4, 0.5) is 0 Å². The number of halogens is 2. The summed E-state index contributed by atoms with van der Waals surface area (Å²) in [6, 6.07) is 7.49. The molecule has 2 amide bonds. The van der Waals surface area contributed by atoms with Crippen LogP contribution in [0.3, 0.4) is 0 Å². The highest BCUT2D eigenvalue weighted by Crippen LogP contribution is 2.24. The van der Waals surface area contributed by atoms with Crippen molar-refractivity contribution >= 4 is 40.2 Å². The molecule has 2 N–H and O–H groups in total. The lowest BCUT2D eigenvalue weighted by Gasteiger charge is -2.40. The zero-order valence-electron chi connectivity index (χ0n) is 15.2. The second-order valence-electron chi connectivity index (χ2n) is 7.54. The van der Waals surface area contributed by atoms with E-state index in [4.69, 9.17) is 5.73 Å². The van der Waals surface area contributed by atoms with Crippen LogP contribution in [-0.2, 0) is 15.1 Å². The largest absolute Gasteiger partial charge is 0.339 e. The second-order valence-corrected chi connectivity index (χ2v) is 8.46. The molecule has 0 spiro atoms. The number of amides is 2. The highest BCUT2D eigenvalue weighted by molar-refractivity contribution is 9.10. The van der Waals surface area contributed by atoms with Crippen LogP contribution in [0.15, 0.2) is 28.7 Å². The molecule has 140 valence electrons. The van der Waals surface area contributed by atoms with Crippen molar-refractivity contribution in [1.82, 2.24) is 9.80 Å². The summed E-state index contributed by atoms with van der Waals surface area (Å²) in [6.07, 6.45) is 0. The van der Waals surface area contributed by atoms with Crippen molar-refractivity contribution < 1.29 is 9.59 Å². The highest BCUT2D eigenvalue weighted by Gasteiger charge is 2.37. The van der Waals surface area contributed by atoms with Crippen LogP contribution in [0.25, 0.3) is 0 Å². The Morgan fingerprint density at radius 2 is 1.32 bits per heavy atom. The van der Waals surface area contributed by atoms with Gasteiger partial charge in [0.05, 0.1) is 0 Å². The van der Waals surface area contributed by atoms with Gasteiger partial charge in [0.25, 0.3) is 0 Å². The number of carbonyl (C=O) groups is 2. The number of nitrogens with two attached hydrogens (primary N) is 1. The van der Waals surface area contributed by atoms with Crippen molar-refractivity contribution in [3.8, 4) is 0 Å². The van der Waals surface area contributed by atoms with E-state index in [0.717, 1.165) is 10.0 Å². The predicted molar refractivity (Wildman–Crippen MR) is 106 cm³/mol. The van der Waals surface area contributed by atoms with E-state index in [-0.39, 0.29) is 24.2 Å². The fraction of sp³-hybridized carbons (Fsp3) is 0.556. The minimum absolute atomic E-state index is 0. The van der Waals surface area contributed by atoms with Gasteiger partial charge in [0.2, 0.25) is 11.8 Å². The molecule has 25 heavy (non-hydrogen) atoms. The van der Waals surface area contributed by atoms with Crippen molar-refractivity contribution in [2.75, 3.05) is 26.2 Å². The Morgan fingerprint density at radius 3 is 1.72 bits per heavy atom.